The number of fused-ring (bicyclic) bond motifs is 1. The molecule has 114 valence electrons. The van der Waals surface area contributed by atoms with Gasteiger partial charge in [0.2, 0.25) is 0 Å². The van der Waals surface area contributed by atoms with Gasteiger partial charge in [0.05, 0.1) is 12.9 Å². The Morgan fingerprint density at radius 2 is 1.86 bits per heavy atom. The first-order valence-corrected chi connectivity index (χ1v) is 8.73. The van der Waals surface area contributed by atoms with Gasteiger partial charge in [-0.1, -0.05) is 41.9 Å². The van der Waals surface area contributed by atoms with E-state index in [1.165, 1.54) is 0 Å². The maximum absolute atomic E-state index is 11.2. The Kier molecular flexibility index (Phi) is 3.95. The first kappa shape index (κ1) is 15.1. The molecule has 22 heavy (non-hydrogen) atoms. The van der Waals surface area contributed by atoms with E-state index in [-0.39, 0.29) is 6.61 Å². The zero-order valence-electron chi connectivity index (χ0n) is 11.7. The van der Waals surface area contributed by atoms with Gasteiger partial charge < -0.3 is 4.42 Å². The summed E-state index contributed by atoms with van der Waals surface area (Å²) >= 11 is 6.08. The van der Waals surface area contributed by atoms with E-state index in [0.717, 1.165) is 17.2 Å². The van der Waals surface area contributed by atoms with E-state index in [9.17, 15) is 8.42 Å². The molecule has 0 spiro atoms. The minimum Gasteiger partial charge on any atom is -0.456 e. The number of hydrogen-bond acceptors (Lipinski definition) is 4. The van der Waals surface area contributed by atoms with Crippen LogP contribution in [0.15, 0.2) is 52.9 Å². The minimum atomic E-state index is -3.53. The molecule has 3 rings (SSSR count). The zero-order valence-corrected chi connectivity index (χ0v) is 13.3. The first-order valence-electron chi connectivity index (χ1n) is 6.54. The second-order valence-electron chi connectivity index (χ2n) is 4.93. The summed E-state index contributed by atoms with van der Waals surface area (Å²) in [7, 11) is -3.53. The van der Waals surface area contributed by atoms with E-state index in [4.69, 9.17) is 20.2 Å². The molecule has 0 saturated carbocycles. The number of furan rings is 1. The Balaban J connectivity index is 2.07. The number of rotatable bonds is 4. The van der Waals surface area contributed by atoms with E-state index >= 15 is 0 Å². The molecule has 4 nitrogen and oxygen atoms in total. The molecular weight excluding hydrogens is 324 g/mol. The fourth-order valence-electron chi connectivity index (χ4n) is 2.21. The third kappa shape index (κ3) is 3.32. The fourth-order valence-corrected chi connectivity index (χ4v) is 2.80. The highest BCUT2D eigenvalue weighted by Crippen LogP contribution is 2.32. The van der Waals surface area contributed by atoms with Crippen molar-refractivity contribution in [1.29, 1.82) is 0 Å². The standard InChI is InChI=1S/C16H13ClO4S/c1-22(18,19)20-10-13-8-14(17)7-12-9-15(21-16(12)13)11-5-3-2-4-6-11/h2-9H,10H2,1H3. The van der Waals surface area contributed by atoms with Crippen LogP contribution < -0.4 is 0 Å². The van der Waals surface area contributed by atoms with Crippen LogP contribution in [0.25, 0.3) is 22.3 Å². The van der Waals surface area contributed by atoms with Crippen LogP contribution >= 0.6 is 11.6 Å². The van der Waals surface area contributed by atoms with Gasteiger partial charge in [0, 0.05) is 21.5 Å². The molecule has 0 radical (unpaired) electrons. The lowest BCUT2D eigenvalue weighted by molar-refractivity contribution is 0.311. The van der Waals surface area contributed by atoms with E-state index < -0.39 is 10.1 Å². The molecule has 3 aromatic rings. The quantitative estimate of drug-likeness (QED) is 0.669. The van der Waals surface area contributed by atoms with Gasteiger partial charge in [0.15, 0.2) is 0 Å². The summed E-state index contributed by atoms with van der Waals surface area (Å²) in [6.07, 6.45) is 1.01. The fraction of sp³-hybridized carbons (Fsp3) is 0.125. The van der Waals surface area contributed by atoms with Crippen LogP contribution in [0.4, 0.5) is 0 Å². The Morgan fingerprint density at radius 3 is 2.55 bits per heavy atom. The molecule has 0 N–H and O–H groups in total. The normalized spacial score (nSPS) is 11.9. The lowest BCUT2D eigenvalue weighted by Gasteiger charge is -2.03. The highest BCUT2D eigenvalue weighted by Gasteiger charge is 2.13. The van der Waals surface area contributed by atoms with Gasteiger partial charge in [-0.3, -0.25) is 4.18 Å². The molecule has 0 aliphatic rings. The Morgan fingerprint density at radius 1 is 1.14 bits per heavy atom. The second-order valence-corrected chi connectivity index (χ2v) is 7.01. The smallest absolute Gasteiger partial charge is 0.264 e. The van der Waals surface area contributed by atoms with Crippen LogP contribution in [0, 0.1) is 0 Å². The lowest BCUT2D eigenvalue weighted by Crippen LogP contribution is -2.02. The average Bonchev–Trinajstić information content (AvgIpc) is 2.88. The van der Waals surface area contributed by atoms with Crippen LogP contribution in [-0.4, -0.2) is 14.7 Å². The first-order chi connectivity index (χ1) is 10.4. The maximum atomic E-state index is 11.2. The van der Waals surface area contributed by atoms with Crippen LogP contribution in [-0.2, 0) is 20.9 Å². The highest BCUT2D eigenvalue weighted by molar-refractivity contribution is 7.85. The minimum absolute atomic E-state index is 0.113. The molecule has 0 unspecified atom stereocenters. The van der Waals surface area contributed by atoms with Crippen molar-refractivity contribution >= 4 is 32.7 Å². The summed E-state index contributed by atoms with van der Waals surface area (Å²) in [5.41, 5.74) is 2.10. The molecule has 0 bridgehead atoms. The van der Waals surface area contributed by atoms with Crippen LogP contribution in [0.5, 0.6) is 0 Å². The Labute approximate surface area is 133 Å². The molecule has 0 amide bonds. The topological polar surface area (TPSA) is 56.5 Å². The lowest BCUT2D eigenvalue weighted by atomic mass is 10.1. The van der Waals surface area contributed by atoms with Crippen molar-refractivity contribution in [2.75, 3.05) is 6.26 Å². The largest absolute Gasteiger partial charge is 0.456 e. The van der Waals surface area contributed by atoms with Gasteiger partial charge >= 0.3 is 0 Å². The Bertz CT molecular complexity index is 914. The molecule has 0 aliphatic carbocycles. The van der Waals surface area contributed by atoms with E-state index in [0.29, 0.717) is 21.9 Å². The summed E-state index contributed by atoms with van der Waals surface area (Å²) in [4.78, 5) is 0. The molecule has 6 heteroatoms. The van der Waals surface area contributed by atoms with Crippen molar-refractivity contribution in [2.24, 2.45) is 0 Å². The van der Waals surface area contributed by atoms with Crippen LogP contribution in [0.2, 0.25) is 5.02 Å². The molecule has 0 atom stereocenters. The molecular formula is C16H13ClO4S. The van der Waals surface area contributed by atoms with Crippen molar-refractivity contribution in [3.8, 4) is 11.3 Å². The third-order valence-corrected chi connectivity index (χ3v) is 3.91. The molecule has 0 saturated heterocycles. The molecule has 1 aromatic heterocycles. The monoisotopic (exact) mass is 336 g/mol. The van der Waals surface area contributed by atoms with Crippen molar-refractivity contribution in [1.82, 2.24) is 0 Å². The van der Waals surface area contributed by atoms with Gasteiger partial charge in [-0.2, -0.15) is 8.42 Å². The van der Waals surface area contributed by atoms with Crippen molar-refractivity contribution in [3.05, 3.63) is 59.1 Å². The summed E-state index contributed by atoms with van der Waals surface area (Å²) in [5.74, 6) is 0.693. The van der Waals surface area contributed by atoms with Gasteiger partial charge in [-0.05, 0) is 18.2 Å². The summed E-state index contributed by atoms with van der Waals surface area (Å²) in [6.45, 7) is -0.113. The summed E-state index contributed by atoms with van der Waals surface area (Å²) in [5, 5.41) is 1.30. The molecule has 0 fully saturated rings. The van der Waals surface area contributed by atoms with E-state index in [1.807, 2.05) is 36.4 Å². The average molecular weight is 337 g/mol. The van der Waals surface area contributed by atoms with Gasteiger partial charge in [-0.15, -0.1) is 0 Å². The highest BCUT2D eigenvalue weighted by atomic mass is 35.5. The number of hydrogen-bond donors (Lipinski definition) is 0. The zero-order chi connectivity index (χ0) is 15.7. The van der Waals surface area contributed by atoms with Crippen LogP contribution in [0.1, 0.15) is 5.56 Å². The third-order valence-electron chi connectivity index (χ3n) is 3.14. The summed E-state index contributed by atoms with van der Waals surface area (Å²) < 4.78 is 33.1. The van der Waals surface area contributed by atoms with Gasteiger partial charge in [-0.25, -0.2) is 0 Å². The Hall–Kier alpha value is -1.82. The maximum Gasteiger partial charge on any atom is 0.264 e. The molecule has 2 aromatic carbocycles. The number of benzene rings is 2. The predicted octanol–water partition coefficient (Wildman–Crippen LogP) is 4.23. The molecule has 0 aliphatic heterocycles. The number of halogens is 1. The molecule has 1 heterocycles. The van der Waals surface area contributed by atoms with Crippen molar-refractivity contribution < 1.29 is 17.0 Å². The van der Waals surface area contributed by atoms with Crippen molar-refractivity contribution in [2.45, 2.75) is 6.61 Å². The van der Waals surface area contributed by atoms with Gasteiger partial charge in [0.1, 0.15) is 11.3 Å². The van der Waals surface area contributed by atoms with Crippen molar-refractivity contribution in [3.63, 3.8) is 0 Å². The van der Waals surface area contributed by atoms with Crippen LogP contribution in [0.3, 0.4) is 0 Å². The second kappa shape index (κ2) is 5.76. The predicted molar refractivity (Wildman–Crippen MR) is 86.3 cm³/mol. The summed E-state index contributed by atoms with van der Waals surface area (Å²) in [6, 6.07) is 14.9. The van der Waals surface area contributed by atoms with E-state index in [1.54, 1.807) is 12.1 Å². The van der Waals surface area contributed by atoms with E-state index in [2.05, 4.69) is 0 Å². The SMILES string of the molecule is CS(=O)(=O)OCc1cc(Cl)cc2cc(-c3ccccc3)oc12. The van der Waals surface area contributed by atoms with Gasteiger partial charge in [0.25, 0.3) is 10.1 Å².